The SMILES string of the molecule is CN1CCN(C(=O)[C@H]2Cn3ccnc3C3(CCN(C(=O)Nc4ccccc4)CC3)O2)CC1. The van der Waals surface area contributed by atoms with Crippen molar-refractivity contribution in [2.45, 2.75) is 31.1 Å². The molecule has 3 aliphatic rings. The molecule has 2 saturated heterocycles. The lowest BCUT2D eigenvalue weighted by atomic mass is 9.88. The molecule has 3 amide bonds. The second kappa shape index (κ2) is 8.55. The highest BCUT2D eigenvalue weighted by molar-refractivity contribution is 5.89. The van der Waals surface area contributed by atoms with E-state index in [1.54, 1.807) is 11.1 Å². The summed E-state index contributed by atoms with van der Waals surface area (Å²) in [6.07, 6.45) is 4.40. The zero-order chi connectivity index (χ0) is 22.1. The fourth-order valence-corrected chi connectivity index (χ4v) is 4.89. The largest absolute Gasteiger partial charge is 0.352 e. The van der Waals surface area contributed by atoms with Crippen LogP contribution in [0.2, 0.25) is 0 Å². The summed E-state index contributed by atoms with van der Waals surface area (Å²) in [5, 5.41) is 2.95. The van der Waals surface area contributed by atoms with Crippen LogP contribution in [0.4, 0.5) is 10.5 Å². The first kappa shape index (κ1) is 21.0. The molecule has 9 heteroatoms. The van der Waals surface area contributed by atoms with Gasteiger partial charge in [0.05, 0.1) is 6.54 Å². The van der Waals surface area contributed by atoms with Crippen LogP contribution in [0.5, 0.6) is 0 Å². The van der Waals surface area contributed by atoms with Gasteiger partial charge in [0.15, 0.2) is 6.10 Å². The van der Waals surface area contributed by atoms with Crippen LogP contribution in [0.3, 0.4) is 0 Å². The number of carbonyl (C=O) groups excluding carboxylic acids is 2. The number of piperidine rings is 1. The first-order chi connectivity index (χ1) is 15.5. The number of nitrogens with one attached hydrogen (secondary N) is 1. The smallest absolute Gasteiger partial charge is 0.321 e. The number of aromatic nitrogens is 2. The number of rotatable bonds is 2. The van der Waals surface area contributed by atoms with E-state index in [1.807, 2.05) is 41.4 Å². The topological polar surface area (TPSA) is 82.9 Å². The van der Waals surface area contributed by atoms with Crippen molar-refractivity contribution in [1.29, 1.82) is 0 Å². The number of carbonyl (C=O) groups is 2. The van der Waals surface area contributed by atoms with Crippen molar-refractivity contribution in [3.8, 4) is 0 Å². The Morgan fingerprint density at radius 1 is 1.03 bits per heavy atom. The normalized spacial score (nSPS) is 23.1. The van der Waals surface area contributed by atoms with E-state index in [1.165, 1.54) is 0 Å². The standard InChI is InChI=1S/C23H30N6O3/c1-26-13-15-27(16-14-26)20(30)19-17-29-12-9-24-21(29)23(32-19)7-10-28(11-8-23)22(31)25-18-5-3-2-4-6-18/h2-6,9,12,19H,7-8,10-11,13-17H2,1H3,(H,25,31)/t19-/m1/s1. The number of imidazole rings is 1. The van der Waals surface area contributed by atoms with Gasteiger partial charge < -0.3 is 29.3 Å². The molecule has 0 saturated carbocycles. The second-order valence-electron chi connectivity index (χ2n) is 8.92. The van der Waals surface area contributed by atoms with E-state index in [4.69, 9.17) is 4.74 Å². The van der Waals surface area contributed by atoms with Gasteiger partial charge in [-0.2, -0.15) is 0 Å². The Morgan fingerprint density at radius 2 is 1.75 bits per heavy atom. The van der Waals surface area contributed by atoms with Gasteiger partial charge in [0.25, 0.3) is 5.91 Å². The number of likely N-dealkylation sites (N-methyl/N-ethyl adjacent to an activating group) is 1. The molecule has 3 aliphatic heterocycles. The number of benzene rings is 1. The van der Waals surface area contributed by atoms with Gasteiger partial charge in [0, 0.05) is 70.2 Å². The molecule has 4 heterocycles. The van der Waals surface area contributed by atoms with Gasteiger partial charge >= 0.3 is 6.03 Å². The Balaban J connectivity index is 1.28. The van der Waals surface area contributed by atoms with Gasteiger partial charge in [0.2, 0.25) is 0 Å². The average Bonchev–Trinajstić information content (AvgIpc) is 3.30. The molecule has 2 fully saturated rings. The number of para-hydroxylation sites is 1. The highest BCUT2D eigenvalue weighted by atomic mass is 16.5. The van der Waals surface area contributed by atoms with Gasteiger partial charge in [-0.05, 0) is 19.2 Å². The highest BCUT2D eigenvalue weighted by Gasteiger charge is 2.48. The van der Waals surface area contributed by atoms with Gasteiger partial charge in [-0.1, -0.05) is 18.2 Å². The zero-order valence-corrected chi connectivity index (χ0v) is 18.4. The van der Waals surface area contributed by atoms with Crippen molar-refractivity contribution in [1.82, 2.24) is 24.3 Å². The van der Waals surface area contributed by atoms with Crippen LogP contribution in [0.1, 0.15) is 18.7 Å². The fraction of sp³-hybridized carbons (Fsp3) is 0.522. The van der Waals surface area contributed by atoms with Crippen molar-refractivity contribution in [2.75, 3.05) is 51.6 Å². The van der Waals surface area contributed by atoms with E-state index >= 15 is 0 Å². The maximum Gasteiger partial charge on any atom is 0.321 e. The summed E-state index contributed by atoms with van der Waals surface area (Å²) in [6.45, 7) is 4.79. The number of fused-ring (bicyclic) bond motifs is 2. The number of likely N-dealkylation sites (tertiary alicyclic amines) is 1. The summed E-state index contributed by atoms with van der Waals surface area (Å²) in [4.78, 5) is 36.5. The predicted octanol–water partition coefficient (Wildman–Crippen LogP) is 1.58. The van der Waals surface area contributed by atoms with Crippen molar-refractivity contribution >= 4 is 17.6 Å². The second-order valence-corrected chi connectivity index (χ2v) is 8.92. The van der Waals surface area contributed by atoms with Crippen LogP contribution in [-0.2, 0) is 21.7 Å². The van der Waals surface area contributed by atoms with Crippen LogP contribution < -0.4 is 5.32 Å². The molecule has 1 N–H and O–H groups in total. The van der Waals surface area contributed by atoms with Crippen LogP contribution in [0, 0.1) is 0 Å². The molecule has 1 atom stereocenters. The molecule has 1 aromatic heterocycles. The maximum atomic E-state index is 13.3. The van der Waals surface area contributed by atoms with Gasteiger partial charge in [-0.25, -0.2) is 9.78 Å². The maximum absolute atomic E-state index is 13.3. The van der Waals surface area contributed by atoms with Crippen molar-refractivity contribution in [3.05, 3.63) is 48.5 Å². The predicted molar refractivity (Wildman–Crippen MR) is 119 cm³/mol. The van der Waals surface area contributed by atoms with Gasteiger partial charge in [-0.3, -0.25) is 4.79 Å². The quantitative estimate of drug-likeness (QED) is 0.770. The van der Waals surface area contributed by atoms with E-state index in [9.17, 15) is 9.59 Å². The summed E-state index contributed by atoms with van der Waals surface area (Å²) in [7, 11) is 2.08. The Labute approximate surface area is 187 Å². The molecule has 170 valence electrons. The van der Waals surface area contributed by atoms with Crippen LogP contribution in [-0.4, -0.2) is 88.6 Å². The molecule has 1 spiro atoms. The van der Waals surface area contributed by atoms with Crippen LogP contribution in [0.25, 0.3) is 0 Å². The Morgan fingerprint density at radius 3 is 2.47 bits per heavy atom. The van der Waals surface area contributed by atoms with E-state index < -0.39 is 11.7 Å². The Hall–Kier alpha value is -2.91. The number of anilines is 1. The van der Waals surface area contributed by atoms with Crippen molar-refractivity contribution in [2.24, 2.45) is 0 Å². The summed E-state index contributed by atoms with van der Waals surface area (Å²) in [5.41, 5.74) is 0.137. The third-order valence-corrected chi connectivity index (χ3v) is 6.83. The Bertz CT molecular complexity index is 961. The van der Waals surface area contributed by atoms with Crippen LogP contribution >= 0.6 is 0 Å². The molecule has 0 aliphatic carbocycles. The van der Waals surface area contributed by atoms with E-state index in [0.717, 1.165) is 37.7 Å². The minimum Gasteiger partial charge on any atom is -0.352 e. The first-order valence-electron chi connectivity index (χ1n) is 11.3. The fourth-order valence-electron chi connectivity index (χ4n) is 4.89. The van der Waals surface area contributed by atoms with E-state index in [0.29, 0.717) is 32.5 Å². The van der Waals surface area contributed by atoms with Gasteiger partial charge in [-0.15, -0.1) is 0 Å². The summed E-state index contributed by atoms with van der Waals surface area (Å²) >= 11 is 0. The number of hydrogen-bond acceptors (Lipinski definition) is 5. The molecular formula is C23H30N6O3. The van der Waals surface area contributed by atoms with Crippen molar-refractivity contribution in [3.63, 3.8) is 0 Å². The molecule has 1 aromatic carbocycles. The molecule has 32 heavy (non-hydrogen) atoms. The summed E-state index contributed by atoms with van der Waals surface area (Å²) in [6, 6.07) is 9.35. The minimum absolute atomic E-state index is 0.0566. The molecule has 5 rings (SSSR count). The number of piperazine rings is 1. The lowest BCUT2D eigenvalue weighted by molar-refractivity contribution is -0.180. The molecule has 2 aromatic rings. The van der Waals surface area contributed by atoms with Crippen molar-refractivity contribution < 1.29 is 14.3 Å². The zero-order valence-electron chi connectivity index (χ0n) is 18.4. The number of nitrogens with zero attached hydrogens (tertiary/aromatic N) is 5. The van der Waals surface area contributed by atoms with E-state index in [-0.39, 0.29) is 11.9 Å². The third-order valence-electron chi connectivity index (χ3n) is 6.83. The summed E-state index contributed by atoms with van der Waals surface area (Å²) in [5.74, 6) is 0.920. The minimum atomic E-state index is -0.641. The third kappa shape index (κ3) is 3.98. The number of ether oxygens (including phenoxy) is 1. The first-order valence-corrected chi connectivity index (χ1v) is 11.3. The van der Waals surface area contributed by atoms with Crippen LogP contribution in [0.15, 0.2) is 42.7 Å². The molecule has 0 bridgehead atoms. The molecule has 9 nitrogen and oxygen atoms in total. The monoisotopic (exact) mass is 438 g/mol. The molecule has 0 unspecified atom stereocenters. The lowest BCUT2D eigenvalue weighted by Gasteiger charge is -2.46. The summed E-state index contributed by atoms with van der Waals surface area (Å²) < 4.78 is 8.60. The van der Waals surface area contributed by atoms with E-state index in [2.05, 4.69) is 26.8 Å². The molecule has 0 radical (unpaired) electrons. The number of urea groups is 1. The highest BCUT2D eigenvalue weighted by Crippen LogP contribution is 2.40. The number of amides is 3. The Kier molecular flexibility index (Phi) is 5.60. The molecular weight excluding hydrogens is 408 g/mol. The number of hydrogen-bond donors (Lipinski definition) is 1. The lowest BCUT2D eigenvalue weighted by Crippen LogP contribution is -2.57. The average molecular weight is 439 g/mol. The van der Waals surface area contributed by atoms with Gasteiger partial charge in [0.1, 0.15) is 11.4 Å².